The fourth-order valence-electron chi connectivity index (χ4n) is 3.21. The molecular weight excluding hydrogens is 445 g/mol. The van der Waals surface area contributed by atoms with Crippen molar-refractivity contribution < 1.29 is 13.2 Å². The highest BCUT2D eigenvalue weighted by Crippen LogP contribution is 2.30. The molecular formula is C21H18ClF3N6O. The number of hydrogen-bond acceptors (Lipinski definition) is 5. The third kappa shape index (κ3) is 4.18. The summed E-state index contributed by atoms with van der Waals surface area (Å²) in [5, 5.41) is 7.07. The molecule has 0 aliphatic carbocycles. The molecule has 0 saturated carbocycles. The molecule has 0 radical (unpaired) electrons. The summed E-state index contributed by atoms with van der Waals surface area (Å²) in [4.78, 5) is 24.3. The number of para-hydroxylation sites is 2. The first-order valence-corrected chi connectivity index (χ1v) is 10.1. The fraction of sp³-hybridized carbons (Fsp3) is 0.238. The minimum absolute atomic E-state index is 0.0747. The van der Waals surface area contributed by atoms with E-state index in [1.165, 1.54) is 6.20 Å². The second-order valence-corrected chi connectivity index (χ2v) is 7.88. The van der Waals surface area contributed by atoms with Gasteiger partial charge in [-0.05, 0) is 30.2 Å². The second kappa shape index (κ2) is 8.27. The van der Waals surface area contributed by atoms with E-state index < -0.39 is 17.3 Å². The average molecular weight is 463 g/mol. The Hall–Kier alpha value is -3.40. The lowest BCUT2D eigenvalue weighted by atomic mass is 10.0. The number of anilines is 1. The summed E-state index contributed by atoms with van der Waals surface area (Å²) in [6, 6.07) is 9.17. The van der Waals surface area contributed by atoms with E-state index in [1.807, 2.05) is 38.1 Å². The van der Waals surface area contributed by atoms with Gasteiger partial charge in [0, 0.05) is 6.20 Å². The van der Waals surface area contributed by atoms with Crippen LogP contribution in [0.1, 0.15) is 31.3 Å². The van der Waals surface area contributed by atoms with Gasteiger partial charge in [-0.2, -0.15) is 23.0 Å². The maximum Gasteiger partial charge on any atom is 0.417 e. The summed E-state index contributed by atoms with van der Waals surface area (Å²) in [5.41, 5.74) is 0.324. The van der Waals surface area contributed by atoms with Crippen molar-refractivity contribution in [3.63, 3.8) is 0 Å². The Bertz CT molecular complexity index is 1280. The van der Waals surface area contributed by atoms with Gasteiger partial charge in [-0.1, -0.05) is 37.6 Å². The van der Waals surface area contributed by atoms with Crippen LogP contribution in [0.25, 0.3) is 16.9 Å². The molecule has 3 aromatic heterocycles. The van der Waals surface area contributed by atoms with Crippen molar-refractivity contribution in [2.75, 3.05) is 5.32 Å². The lowest BCUT2D eigenvalue weighted by molar-refractivity contribution is -0.137. The first kappa shape index (κ1) is 21.8. The minimum atomic E-state index is -4.53. The smallest absolute Gasteiger partial charge is 0.372 e. The average Bonchev–Trinajstić information content (AvgIpc) is 3.18. The van der Waals surface area contributed by atoms with E-state index in [4.69, 9.17) is 11.6 Å². The Balaban J connectivity index is 1.65. The van der Waals surface area contributed by atoms with Gasteiger partial charge in [0.1, 0.15) is 10.8 Å². The van der Waals surface area contributed by atoms with E-state index in [-0.39, 0.29) is 28.5 Å². The van der Waals surface area contributed by atoms with Gasteiger partial charge in [-0.25, -0.2) is 9.97 Å². The maximum atomic E-state index is 12.8. The summed E-state index contributed by atoms with van der Waals surface area (Å²) in [7, 11) is 0. The monoisotopic (exact) mass is 462 g/mol. The van der Waals surface area contributed by atoms with Gasteiger partial charge in [-0.3, -0.25) is 4.79 Å². The Morgan fingerprint density at radius 3 is 2.50 bits per heavy atom. The number of nitrogens with one attached hydrogen (secondary N) is 2. The summed E-state index contributed by atoms with van der Waals surface area (Å²) in [5.74, 6) is 0.672. The van der Waals surface area contributed by atoms with Crippen molar-refractivity contribution in [1.29, 1.82) is 0 Å². The fourth-order valence-corrected chi connectivity index (χ4v) is 3.40. The Morgan fingerprint density at radius 1 is 1.12 bits per heavy atom. The number of nitrogens with zero attached hydrogens (tertiary/aromatic N) is 4. The van der Waals surface area contributed by atoms with Crippen LogP contribution >= 0.6 is 11.6 Å². The van der Waals surface area contributed by atoms with Crippen molar-refractivity contribution in [2.45, 2.75) is 26.1 Å². The van der Waals surface area contributed by atoms with E-state index in [9.17, 15) is 18.0 Å². The molecule has 0 aliphatic heterocycles. The Morgan fingerprint density at radius 2 is 1.88 bits per heavy atom. The van der Waals surface area contributed by atoms with Gasteiger partial charge < -0.3 is 10.3 Å². The van der Waals surface area contributed by atoms with Gasteiger partial charge >= 0.3 is 6.18 Å². The molecule has 1 unspecified atom stereocenters. The zero-order valence-electron chi connectivity index (χ0n) is 17.0. The number of rotatable bonds is 5. The van der Waals surface area contributed by atoms with Crippen LogP contribution in [-0.4, -0.2) is 24.7 Å². The molecule has 0 fully saturated rings. The van der Waals surface area contributed by atoms with Crippen LogP contribution in [0.4, 0.5) is 18.9 Å². The third-order valence-corrected chi connectivity index (χ3v) is 5.26. The number of aromatic amines is 1. The number of aromatic nitrogens is 5. The minimum Gasteiger partial charge on any atom is -0.372 e. The SMILES string of the molecule is CC(C)C(Nc1cnn(-c2ccc(C(F)(F)F)cn2)c(=O)c1Cl)c1nc2ccccc2[nH]1. The third-order valence-electron chi connectivity index (χ3n) is 4.89. The number of alkyl halides is 3. The quantitative estimate of drug-likeness (QED) is 0.436. The highest BCUT2D eigenvalue weighted by Gasteiger charge is 2.31. The molecule has 3 heterocycles. The van der Waals surface area contributed by atoms with E-state index in [0.29, 0.717) is 12.0 Å². The molecule has 0 spiro atoms. The molecule has 2 N–H and O–H groups in total. The molecule has 0 aliphatic rings. The number of imidazole rings is 1. The van der Waals surface area contributed by atoms with Gasteiger partial charge in [0.15, 0.2) is 5.82 Å². The molecule has 1 atom stereocenters. The topological polar surface area (TPSA) is 88.5 Å². The summed E-state index contributed by atoms with van der Waals surface area (Å²) in [6.45, 7) is 3.97. The van der Waals surface area contributed by atoms with Crippen molar-refractivity contribution >= 4 is 28.3 Å². The van der Waals surface area contributed by atoms with Crippen LogP contribution in [0.15, 0.2) is 53.6 Å². The van der Waals surface area contributed by atoms with Gasteiger partial charge in [0.2, 0.25) is 0 Å². The number of hydrogen-bond donors (Lipinski definition) is 2. The highest BCUT2D eigenvalue weighted by molar-refractivity contribution is 6.33. The predicted molar refractivity (Wildman–Crippen MR) is 115 cm³/mol. The summed E-state index contributed by atoms with van der Waals surface area (Å²) >= 11 is 6.29. The molecule has 0 bridgehead atoms. The van der Waals surface area contributed by atoms with Gasteiger partial charge in [0.25, 0.3) is 5.56 Å². The van der Waals surface area contributed by atoms with Crippen molar-refractivity contribution in [3.8, 4) is 5.82 Å². The maximum absolute atomic E-state index is 12.8. The molecule has 166 valence electrons. The first-order valence-electron chi connectivity index (χ1n) is 9.68. The Labute approximate surface area is 185 Å². The molecule has 7 nitrogen and oxygen atoms in total. The van der Waals surface area contributed by atoms with E-state index >= 15 is 0 Å². The number of H-pyrrole nitrogens is 1. The van der Waals surface area contributed by atoms with Gasteiger partial charge in [0.05, 0.1) is 34.5 Å². The van der Waals surface area contributed by atoms with Crippen LogP contribution in [0, 0.1) is 5.92 Å². The molecule has 4 aromatic rings. The van der Waals surface area contributed by atoms with Crippen molar-refractivity contribution in [3.05, 3.63) is 75.6 Å². The zero-order valence-corrected chi connectivity index (χ0v) is 17.7. The normalized spacial score (nSPS) is 13.0. The van der Waals surface area contributed by atoms with Crippen LogP contribution in [-0.2, 0) is 6.18 Å². The van der Waals surface area contributed by atoms with Crippen LogP contribution in [0.3, 0.4) is 0 Å². The molecule has 0 amide bonds. The molecule has 1 aromatic carbocycles. The van der Waals surface area contributed by atoms with E-state index in [2.05, 4.69) is 25.4 Å². The van der Waals surface area contributed by atoms with Crippen molar-refractivity contribution in [2.24, 2.45) is 5.92 Å². The molecule has 32 heavy (non-hydrogen) atoms. The predicted octanol–water partition coefficient (Wildman–Crippen LogP) is 4.99. The van der Waals surface area contributed by atoms with Gasteiger partial charge in [-0.15, -0.1) is 0 Å². The van der Waals surface area contributed by atoms with E-state index in [1.54, 1.807) is 0 Å². The number of benzene rings is 1. The molecule has 11 heteroatoms. The largest absolute Gasteiger partial charge is 0.417 e. The number of fused-ring (bicyclic) bond motifs is 1. The lowest BCUT2D eigenvalue weighted by Crippen LogP contribution is -2.25. The first-order chi connectivity index (χ1) is 15.1. The number of pyridine rings is 1. The molecule has 0 saturated heterocycles. The molecule has 4 rings (SSSR count). The summed E-state index contributed by atoms with van der Waals surface area (Å²) < 4.78 is 39.1. The standard InChI is InChI=1S/C21H18ClF3N6O/c1-11(2)18(19-29-13-5-3-4-6-14(13)30-19)28-15-10-27-31(20(32)17(15)22)16-8-7-12(9-26-16)21(23,24)25/h3-11,18,28H,1-2H3,(H,29,30). The summed E-state index contributed by atoms with van der Waals surface area (Å²) in [6.07, 6.45) is -2.56. The second-order valence-electron chi connectivity index (χ2n) is 7.50. The van der Waals surface area contributed by atoms with Crippen LogP contribution < -0.4 is 10.9 Å². The van der Waals surface area contributed by atoms with Crippen molar-refractivity contribution in [1.82, 2.24) is 24.7 Å². The van der Waals surface area contributed by atoms with E-state index in [0.717, 1.165) is 27.8 Å². The number of halogens is 4. The van der Waals surface area contributed by atoms with Crippen LogP contribution in [0.2, 0.25) is 5.02 Å². The highest BCUT2D eigenvalue weighted by atomic mass is 35.5. The zero-order chi connectivity index (χ0) is 23.0. The van der Waals surface area contributed by atoms with Crippen LogP contribution in [0.5, 0.6) is 0 Å². The lowest BCUT2D eigenvalue weighted by Gasteiger charge is -2.22. The Kier molecular flexibility index (Phi) is 5.64.